The van der Waals surface area contributed by atoms with E-state index in [9.17, 15) is 31.9 Å². The molecule has 0 unspecified atom stereocenters. The number of carbonyl (C=O) groups excluding carboxylic acids is 1. The zero-order valence-corrected chi connectivity index (χ0v) is 9.59. The number of hydrogen-bond donors (Lipinski definition) is 2. The van der Waals surface area contributed by atoms with Crippen LogP contribution in [0.2, 0.25) is 0 Å². The smallest absolute Gasteiger partial charge is 0.377 e. The van der Waals surface area contributed by atoms with Gasteiger partial charge in [0.15, 0.2) is 21.4 Å². The molecule has 0 aliphatic heterocycles. The van der Waals surface area contributed by atoms with Gasteiger partial charge in [-0.1, -0.05) is 0 Å². The van der Waals surface area contributed by atoms with Gasteiger partial charge in [0.1, 0.15) is 10.7 Å². The predicted molar refractivity (Wildman–Crippen MR) is 53.1 cm³/mol. The maximum absolute atomic E-state index is 13.4. The summed E-state index contributed by atoms with van der Waals surface area (Å²) >= 11 is 0. The highest BCUT2D eigenvalue weighted by Gasteiger charge is 2.29. The van der Waals surface area contributed by atoms with Gasteiger partial charge in [0.2, 0.25) is 0 Å². The van der Waals surface area contributed by atoms with E-state index in [1.54, 1.807) is 0 Å². The van der Waals surface area contributed by atoms with Crippen LogP contribution in [0.1, 0.15) is 10.4 Å². The highest BCUT2D eigenvalue weighted by Crippen LogP contribution is 2.30. The Morgan fingerprint density at radius 3 is 2.17 bits per heavy atom. The van der Waals surface area contributed by atoms with Gasteiger partial charge in [-0.25, -0.2) is 22.0 Å². The third-order valence-electron chi connectivity index (χ3n) is 1.96. The van der Waals surface area contributed by atoms with E-state index in [1.807, 2.05) is 0 Å². The number of Topliss-reactive ketones (excluding diaryl/α,β-unsaturated/α-hetero) is 1. The average molecular weight is 280 g/mol. The van der Waals surface area contributed by atoms with E-state index < -0.39 is 49.4 Å². The minimum absolute atomic E-state index is 0.158. The molecule has 0 aliphatic carbocycles. The number of carbonyl (C=O) groups is 2. The van der Waals surface area contributed by atoms with E-state index in [0.717, 1.165) is 0 Å². The number of benzene rings is 1. The molecule has 1 aromatic carbocycles. The molecule has 2 N–H and O–H groups in total. The number of carboxylic acid groups (broad SMARTS) is 1. The van der Waals surface area contributed by atoms with E-state index in [1.165, 1.54) is 0 Å². The van der Waals surface area contributed by atoms with Crippen LogP contribution in [0, 0.1) is 11.6 Å². The SMILES string of the molecule is CS(=O)(=O)c1c(F)cc(C(=O)C(=O)O)c(O)c1F. The fourth-order valence-electron chi connectivity index (χ4n) is 1.22. The van der Waals surface area contributed by atoms with Crippen molar-refractivity contribution in [2.24, 2.45) is 0 Å². The molecular weight excluding hydrogens is 274 g/mol. The summed E-state index contributed by atoms with van der Waals surface area (Å²) in [6.45, 7) is 0. The molecule has 0 amide bonds. The highest BCUT2D eigenvalue weighted by molar-refractivity contribution is 7.90. The van der Waals surface area contributed by atoms with Crippen LogP contribution >= 0.6 is 0 Å². The van der Waals surface area contributed by atoms with Crippen molar-refractivity contribution in [3.05, 3.63) is 23.3 Å². The van der Waals surface area contributed by atoms with Crippen molar-refractivity contribution >= 4 is 21.6 Å². The van der Waals surface area contributed by atoms with Crippen molar-refractivity contribution in [3.63, 3.8) is 0 Å². The maximum Gasteiger partial charge on any atom is 0.377 e. The Hall–Kier alpha value is -2.03. The molecule has 0 radical (unpaired) electrons. The fraction of sp³-hybridized carbons (Fsp3) is 0.111. The minimum Gasteiger partial charge on any atom is -0.504 e. The number of halogens is 2. The molecule has 0 heterocycles. The largest absolute Gasteiger partial charge is 0.504 e. The lowest BCUT2D eigenvalue weighted by molar-refractivity contribution is -0.131. The second-order valence-corrected chi connectivity index (χ2v) is 5.26. The molecule has 1 aromatic rings. The third-order valence-corrected chi connectivity index (χ3v) is 3.08. The average Bonchev–Trinajstić information content (AvgIpc) is 2.20. The molecule has 0 aliphatic rings. The topological polar surface area (TPSA) is 109 Å². The second kappa shape index (κ2) is 4.33. The van der Waals surface area contributed by atoms with Gasteiger partial charge in [0, 0.05) is 6.26 Å². The van der Waals surface area contributed by atoms with Crippen LogP contribution in [0.4, 0.5) is 8.78 Å². The van der Waals surface area contributed by atoms with Gasteiger partial charge < -0.3 is 10.2 Å². The van der Waals surface area contributed by atoms with Crippen molar-refractivity contribution in [3.8, 4) is 5.75 Å². The van der Waals surface area contributed by atoms with Gasteiger partial charge in [-0.15, -0.1) is 0 Å². The Balaban J connectivity index is 3.68. The first kappa shape index (κ1) is 14.0. The maximum atomic E-state index is 13.4. The first-order valence-electron chi connectivity index (χ1n) is 4.26. The summed E-state index contributed by atoms with van der Waals surface area (Å²) in [4.78, 5) is 19.9. The molecule has 0 aromatic heterocycles. The van der Waals surface area contributed by atoms with E-state index >= 15 is 0 Å². The van der Waals surface area contributed by atoms with E-state index in [-0.39, 0.29) is 6.07 Å². The van der Waals surface area contributed by atoms with Crippen molar-refractivity contribution in [1.82, 2.24) is 0 Å². The Bertz CT molecular complexity index is 650. The van der Waals surface area contributed by atoms with Crippen LogP contribution in [0.3, 0.4) is 0 Å². The number of carboxylic acids is 1. The molecule has 98 valence electrons. The van der Waals surface area contributed by atoms with Crippen LogP contribution in [-0.4, -0.2) is 36.6 Å². The van der Waals surface area contributed by atoms with Crippen molar-refractivity contribution in [1.29, 1.82) is 0 Å². The third kappa shape index (κ3) is 2.30. The van der Waals surface area contributed by atoms with Crippen LogP contribution in [0.25, 0.3) is 0 Å². The van der Waals surface area contributed by atoms with Gasteiger partial charge in [0.05, 0.1) is 5.56 Å². The van der Waals surface area contributed by atoms with Gasteiger partial charge in [-0.2, -0.15) is 0 Å². The standard InChI is InChI=1S/C9H6F2O6S/c1-18(16,17)8-4(10)2-3(6(12)5(8)11)7(13)9(14)15/h2,12H,1H3,(H,14,15). The Labute approximate surface area is 99.4 Å². The Morgan fingerprint density at radius 1 is 1.28 bits per heavy atom. The molecule has 0 bridgehead atoms. The molecule has 0 saturated heterocycles. The molecule has 6 nitrogen and oxygen atoms in total. The Kier molecular flexibility index (Phi) is 3.38. The molecule has 18 heavy (non-hydrogen) atoms. The fourth-order valence-corrected chi connectivity index (χ4v) is 2.05. The summed E-state index contributed by atoms with van der Waals surface area (Å²) in [5.74, 6) is -8.88. The van der Waals surface area contributed by atoms with Crippen LogP contribution < -0.4 is 0 Å². The minimum atomic E-state index is -4.32. The number of phenolic OH excluding ortho intramolecular Hbond substituents is 1. The summed E-state index contributed by atoms with van der Waals surface area (Å²) in [6, 6.07) is 0.158. The van der Waals surface area contributed by atoms with E-state index in [0.29, 0.717) is 6.26 Å². The van der Waals surface area contributed by atoms with Crippen molar-refractivity contribution < 1.29 is 37.0 Å². The molecule has 1 rings (SSSR count). The number of sulfone groups is 1. The van der Waals surface area contributed by atoms with Crippen LogP contribution in [0.15, 0.2) is 11.0 Å². The summed E-state index contributed by atoms with van der Waals surface area (Å²) < 4.78 is 48.9. The monoisotopic (exact) mass is 280 g/mol. The summed E-state index contributed by atoms with van der Waals surface area (Å²) in [6.07, 6.45) is 0.493. The molecule has 0 saturated carbocycles. The van der Waals surface area contributed by atoms with Gasteiger partial charge in [-0.05, 0) is 6.07 Å². The predicted octanol–water partition coefficient (Wildman–Crippen LogP) is 0.341. The number of phenols is 1. The summed E-state index contributed by atoms with van der Waals surface area (Å²) in [7, 11) is -4.32. The highest BCUT2D eigenvalue weighted by atomic mass is 32.2. The first-order chi connectivity index (χ1) is 8.07. The van der Waals surface area contributed by atoms with Gasteiger partial charge in [-0.3, -0.25) is 4.79 Å². The van der Waals surface area contributed by atoms with Crippen molar-refractivity contribution in [2.45, 2.75) is 4.90 Å². The lowest BCUT2D eigenvalue weighted by Crippen LogP contribution is -2.15. The first-order valence-corrected chi connectivity index (χ1v) is 6.15. The zero-order valence-electron chi connectivity index (χ0n) is 8.77. The zero-order chi connectivity index (χ0) is 14.2. The van der Waals surface area contributed by atoms with Crippen LogP contribution in [0.5, 0.6) is 5.75 Å². The second-order valence-electron chi connectivity index (χ2n) is 3.30. The van der Waals surface area contributed by atoms with Gasteiger partial charge in [0.25, 0.3) is 5.78 Å². The van der Waals surface area contributed by atoms with Crippen molar-refractivity contribution in [2.75, 3.05) is 6.26 Å². The molecule has 0 fully saturated rings. The number of aliphatic carboxylic acids is 1. The number of aromatic hydroxyl groups is 1. The quantitative estimate of drug-likeness (QED) is 0.610. The summed E-state index contributed by atoms with van der Waals surface area (Å²) in [5, 5.41) is 17.5. The number of ketones is 1. The van der Waals surface area contributed by atoms with Crippen LogP contribution in [-0.2, 0) is 14.6 Å². The normalized spacial score (nSPS) is 11.3. The van der Waals surface area contributed by atoms with E-state index in [4.69, 9.17) is 5.11 Å². The molecule has 0 atom stereocenters. The Morgan fingerprint density at radius 2 is 1.78 bits per heavy atom. The lowest BCUT2D eigenvalue weighted by atomic mass is 10.1. The number of hydrogen-bond acceptors (Lipinski definition) is 5. The summed E-state index contributed by atoms with van der Waals surface area (Å²) in [5.41, 5.74) is -1.16. The van der Waals surface area contributed by atoms with E-state index in [2.05, 4.69) is 0 Å². The number of rotatable bonds is 3. The molecule has 9 heteroatoms. The van der Waals surface area contributed by atoms with Gasteiger partial charge >= 0.3 is 5.97 Å². The lowest BCUT2D eigenvalue weighted by Gasteiger charge is -2.07. The molecular formula is C9H6F2O6S. The molecule has 0 spiro atoms.